The Balaban J connectivity index is 1.17. The molecule has 14 heteroatoms. The lowest BCUT2D eigenvalue weighted by atomic mass is 9.68. The van der Waals surface area contributed by atoms with Gasteiger partial charge in [-0.25, -0.2) is 4.90 Å². The van der Waals surface area contributed by atoms with Crippen molar-refractivity contribution in [2.45, 2.75) is 48.1 Å². The summed E-state index contributed by atoms with van der Waals surface area (Å²) in [6.45, 7) is 1.25. The highest BCUT2D eigenvalue weighted by Gasteiger charge is 2.70. The van der Waals surface area contributed by atoms with Crippen LogP contribution in [0, 0.1) is 29.6 Å². The van der Waals surface area contributed by atoms with Crippen molar-refractivity contribution in [1.82, 2.24) is 9.88 Å². The Bertz CT molecular complexity index is 1860. The fraction of sp³-hybridized carbons (Fsp3) is 0.455. The lowest BCUT2D eigenvalue weighted by Gasteiger charge is -2.43. The maximum atomic E-state index is 14.1. The van der Waals surface area contributed by atoms with Crippen LogP contribution < -0.4 is 14.5 Å². The molecular formula is C33H29BrF3N3O5S2. The van der Waals surface area contributed by atoms with Gasteiger partial charge in [-0.3, -0.25) is 19.2 Å². The summed E-state index contributed by atoms with van der Waals surface area (Å²) in [4.78, 5) is 59.9. The van der Waals surface area contributed by atoms with Crippen LogP contribution >= 0.6 is 39.0 Å². The number of carbonyl (C=O) groups excluding carboxylic acids is 3. The molecule has 7 atom stereocenters. The largest absolute Gasteiger partial charge is 0.483 e. The average Bonchev–Trinajstić information content (AvgIpc) is 3.79. The summed E-state index contributed by atoms with van der Waals surface area (Å²) < 4.78 is 49.0. The van der Waals surface area contributed by atoms with Gasteiger partial charge >= 0.3 is 11.0 Å². The van der Waals surface area contributed by atoms with Crippen LogP contribution in [0.25, 0.3) is 0 Å². The van der Waals surface area contributed by atoms with E-state index in [9.17, 15) is 32.3 Å². The number of nitrogens with zero attached hydrogens (tertiary/aromatic N) is 2. The van der Waals surface area contributed by atoms with Crippen molar-refractivity contribution in [2.75, 3.05) is 24.6 Å². The molecule has 5 aliphatic rings. The monoisotopic (exact) mass is 747 g/mol. The Morgan fingerprint density at radius 1 is 1.00 bits per heavy atom. The van der Waals surface area contributed by atoms with Gasteiger partial charge in [0, 0.05) is 39.2 Å². The van der Waals surface area contributed by atoms with Crippen LogP contribution in [0.5, 0.6) is 5.75 Å². The molecule has 1 N–H and O–H groups in total. The third-order valence-electron chi connectivity index (χ3n) is 10.5. The van der Waals surface area contributed by atoms with E-state index >= 15 is 0 Å². The van der Waals surface area contributed by atoms with Gasteiger partial charge in [0.05, 0.1) is 28.1 Å². The zero-order valence-corrected chi connectivity index (χ0v) is 28.0. The van der Waals surface area contributed by atoms with Gasteiger partial charge < -0.3 is 14.6 Å². The van der Waals surface area contributed by atoms with Crippen LogP contribution in [0.2, 0.25) is 0 Å². The van der Waals surface area contributed by atoms with Gasteiger partial charge in [-0.1, -0.05) is 39.4 Å². The number of H-pyrrole nitrogens is 1. The molecule has 0 unspecified atom stereocenters. The number of amides is 3. The molecule has 8 nitrogen and oxygen atoms in total. The Hall–Kier alpha value is -3.10. The molecule has 1 aromatic heterocycles. The topological polar surface area (TPSA) is 99.8 Å². The summed E-state index contributed by atoms with van der Waals surface area (Å²) in [5.41, 5.74) is -0.688. The molecule has 2 saturated carbocycles. The number of para-hydroxylation sites is 1. The number of fused-ring (bicyclic) bond motifs is 9. The number of halogens is 4. The molecule has 3 aromatic rings. The standard InChI is InChI=1S/C33H29BrF3N3O5S2/c34-15-8-9-21(45-14-22(41)39-10-4-1-5-11-39)16(12-15)23-24-17-13-18(27(24)46-29-28(23)47-32(44)38-29)26-25(17)30(42)40(31(26)43)20-7-3-2-6-19(20)33(35,36)37/h2-3,6-9,12,17-18,23-27H,1,4-5,10-11,13-14H2,(H,38,44)/t17-,18-,23+,24-,25+,26+,27-/m1/s1. The molecule has 4 heterocycles. The van der Waals surface area contributed by atoms with E-state index in [1.54, 1.807) is 6.07 Å². The summed E-state index contributed by atoms with van der Waals surface area (Å²) in [5.74, 6) is -3.47. The van der Waals surface area contributed by atoms with Gasteiger partial charge in [-0.05, 0) is 73.8 Å². The molecule has 0 radical (unpaired) electrons. The van der Waals surface area contributed by atoms with Crippen molar-refractivity contribution in [1.29, 1.82) is 0 Å². The highest BCUT2D eigenvalue weighted by atomic mass is 79.9. The van der Waals surface area contributed by atoms with E-state index in [0.29, 0.717) is 30.3 Å². The zero-order chi connectivity index (χ0) is 32.8. The minimum atomic E-state index is -4.74. The molecule has 47 heavy (non-hydrogen) atoms. The molecule has 4 fully saturated rings. The Morgan fingerprint density at radius 3 is 2.47 bits per heavy atom. The van der Waals surface area contributed by atoms with Crippen LogP contribution in [0.3, 0.4) is 0 Å². The van der Waals surface area contributed by atoms with Crippen LogP contribution in [0.4, 0.5) is 18.9 Å². The molecule has 2 aromatic carbocycles. The highest BCUT2D eigenvalue weighted by Crippen LogP contribution is 2.69. The number of ether oxygens (including phenoxy) is 1. The summed E-state index contributed by atoms with van der Waals surface area (Å²) in [5, 5.41) is 0.530. The predicted octanol–water partition coefficient (Wildman–Crippen LogP) is 6.29. The molecule has 246 valence electrons. The van der Waals surface area contributed by atoms with E-state index < -0.39 is 47.0 Å². The minimum Gasteiger partial charge on any atom is -0.483 e. The highest BCUT2D eigenvalue weighted by molar-refractivity contribution is 9.10. The summed E-state index contributed by atoms with van der Waals surface area (Å²) >= 11 is 6.17. The number of imide groups is 1. The molecule has 8 rings (SSSR count). The second-order valence-electron chi connectivity index (χ2n) is 12.9. The normalized spacial score (nSPS) is 29.6. The fourth-order valence-corrected chi connectivity index (χ4v) is 12.0. The van der Waals surface area contributed by atoms with E-state index in [-0.39, 0.29) is 40.4 Å². The molecule has 2 bridgehead atoms. The SMILES string of the molecule is O=C(COc1ccc(Br)cc1[C@@H]1c2sc(=O)[nH]c2S[C@@H]2[C@@H]3C[C@@H]([C@@H]4C(=O)N(c5ccccc5C(F)(F)F)C(=O)[C@@H]34)[C@H]12)N1CCCCC1. The maximum absolute atomic E-state index is 14.1. The summed E-state index contributed by atoms with van der Waals surface area (Å²) in [6.07, 6.45) is -1.15. The number of thiazole rings is 1. The number of benzene rings is 2. The average molecular weight is 749 g/mol. The zero-order valence-electron chi connectivity index (χ0n) is 24.8. The number of hydrogen-bond acceptors (Lipinski definition) is 7. The van der Waals surface area contributed by atoms with Gasteiger partial charge in [0.2, 0.25) is 11.8 Å². The molecule has 3 aliphatic heterocycles. The smallest absolute Gasteiger partial charge is 0.418 e. The second kappa shape index (κ2) is 11.5. The third-order valence-corrected chi connectivity index (χ3v) is 13.6. The first kappa shape index (κ1) is 31.2. The van der Waals surface area contributed by atoms with E-state index in [0.717, 1.165) is 56.5 Å². The van der Waals surface area contributed by atoms with E-state index in [1.165, 1.54) is 30.0 Å². The Kier molecular flexibility index (Phi) is 7.64. The van der Waals surface area contributed by atoms with Crippen LogP contribution in [-0.4, -0.2) is 52.6 Å². The lowest BCUT2D eigenvalue weighted by Crippen LogP contribution is -2.43. The molecule has 2 aliphatic carbocycles. The number of nitrogens with one attached hydrogen (secondary N) is 1. The molecular weight excluding hydrogens is 719 g/mol. The number of aromatic amines is 1. The van der Waals surface area contributed by atoms with Crippen LogP contribution in [0.15, 0.2) is 56.8 Å². The summed E-state index contributed by atoms with van der Waals surface area (Å²) in [6, 6.07) is 10.3. The Labute approximate surface area is 284 Å². The van der Waals surface area contributed by atoms with Gasteiger partial charge in [-0.2, -0.15) is 13.2 Å². The number of alkyl halides is 3. The quantitative estimate of drug-likeness (QED) is 0.309. The van der Waals surface area contributed by atoms with Crippen molar-refractivity contribution in [3.8, 4) is 5.75 Å². The van der Waals surface area contributed by atoms with Crippen LogP contribution in [-0.2, 0) is 20.6 Å². The van der Waals surface area contributed by atoms with Gasteiger partial charge in [0.1, 0.15) is 5.75 Å². The van der Waals surface area contributed by atoms with E-state index in [1.807, 2.05) is 17.0 Å². The number of anilines is 1. The second-order valence-corrected chi connectivity index (χ2v) is 16.0. The number of carbonyl (C=O) groups is 3. The number of thioether (sulfide) groups is 1. The van der Waals surface area contributed by atoms with Crippen molar-refractivity contribution in [2.24, 2.45) is 29.6 Å². The van der Waals surface area contributed by atoms with E-state index in [4.69, 9.17) is 4.74 Å². The van der Waals surface area contributed by atoms with Crippen molar-refractivity contribution in [3.05, 3.63) is 72.6 Å². The Morgan fingerprint density at radius 2 is 1.72 bits per heavy atom. The van der Waals surface area contributed by atoms with Gasteiger partial charge in [-0.15, -0.1) is 11.8 Å². The fourth-order valence-electron chi connectivity index (χ4n) is 8.78. The summed E-state index contributed by atoms with van der Waals surface area (Å²) in [7, 11) is 0. The first-order valence-electron chi connectivity index (χ1n) is 15.7. The predicted molar refractivity (Wildman–Crippen MR) is 172 cm³/mol. The number of rotatable bonds is 5. The van der Waals surface area contributed by atoms with Crippen molar-refractivity contribution < 1.29 is 32.3 Å². The van der Waals surface area contributed by atoms with Gasteiger partial charge in [0.25, 0.3) is 5.91 Å². The third kappa shape index (κ3) is 4.99. The van der Waals surface area contributed by atoms with Gasteiger partial charge in [0.15, 0.2) is 6.61 Å². The van der Waals surface area contributed by atoms with Crippen LogP contribution in [0.1, 0.15) is 47.6 Å². The lowest BCUT2D eigenvalue weighted by molar-refractivity contribution is -0.137. The minimum absolute atomic E-state index is 0.0975. The first-order chi connectivity index (χ1) is 22.5. The first-order valence-corrected chi connectivity index (χ1v) is 18.2. The number of hydrogen-bond donors (Lipinski definition) is 1. The number of aromatic nitrogens is 1. The molecule has 0 spiro atoms. The maximum Gasteiger partial charge on any atom is 0.418 e. The number of likely N-dealkylation sites (tertiary alicyclic amines) is 1. The van der Waals surface area contributed by atoms with Crippen molar-refractivity contribution >= 4 is 62.4 Å². The molecule has 2 saturated heterocycles. The number of piperidine rings is 1. The van der Waals surface area contributed by atoms with Crippen molar-refractivity contribution in [3.63, 3.8) is 0 Å². The van der Waals surface area contributed by atoms with E-state index in [2.05, 4.69) is 20.9 Å². The molecule has 3 amide bonds.